The molecule has 0 radical (unpaired) electrons. The lowest BCUT2D eigenvalue weighted by Crippen LogP contribution is -2.37. The SMILES string of the molecule is COC(=O)c1ccc(C[n+]2c(C)n(N)c3ccccc32)cc1.Cc1cc(C)c(S(=O)(=O)[O-])c(C)c1. The second-order valence-corrected chi connectivity index (χ2v) is 9.68. The van der Waals surface area contributed by atoms with Crippen LogP contribution in [0.1, 0.15) is 38.4 Å². The smallest absolute Gasteiger partial charge is 0.337 e. The topological polar surface area (TPSA) is 118 Å². The summed E-state index contributed by atoms with van der Waals surface area (Å²) in [5.74, 6) is 6.75. The second-order valence-electron chi connectivity index (χ2n) is 8.36. The van der Waals surface area contributed by atoms with Gasteiger partial charge in [0.2, 0.25) is 0 Å². The molecule has 9 heteroatoms. The molecule has 4 rings (SSSR count). The molecule has 3 aromatic carbocycles. The van der Waals surface area contributed by atoms with Gasteiger partial charge in [0.1, 0.15) is 16.7 Å². The molecular formula is C26H29N3O5S. The molecule has 0 aliphatic carbocycles. The van der Waals surface area contributed by atoms with E-state index in [4.69, 9.17) is 10.6 Å². The minimum absolute atomic E-state index is 0.0851. The van der Waals surface area contributed by atoms with Crippen molar-refractivity contribution in [1.82, 2.24) is 4.68 Å². The van der Waals surface area contributed by atoms with Gasteiger partial charge in [-0.3, -0.25) is 5.84 Å². The summed E-state index contributed by atoms with van der Waals surface area (Å²) in [6, 6.07) is 18.8. The minimum atomic E-state index is -4.33. The number of aryl methyl sites for hydroxylation is 3. The number of aromatic nitrogens is 2. The van der Waals surface area contributed by atoms with Crippen molar-refractivity contribution < 1.29 is 27.1 Å². The van der Waals surface area contributed by atoms with E-state index in [2.05, 4.69) is 10.6 Å². The number of nitrogens with two attached hydrogens (primary N) is 1. The Labute approximate surface area is 205 Å². The lowest BCUT2D eigenvalue weighted by atomic mass is 10.1. The third-order valence-electron chi connectivity index (χ3n) is 5.74. The number of nitrogens with zero attached hydrogens (tertiary/aromatic N) is 2. The molecule has 0 bridgehead atoms. The van der Waals surface area contributed by atoms with Crippen LogP contribution in [-0.4, -0.2) is 30.7 Å². The van der Waals surface area contributed by atoms with Crippen LogP contribution in [0.25, 0.3) is 11.0 Å². The summed E-state index contributed by atoms with van der Waals surface area (Å²) >= 11 is 0. The molecule has 35 heavy (non-hydrogen) atoms. The number of rotatable bonds is 4. The van der Waals surface area contributed by atoms with Gasteiger partial charge in [0.25, 0.3) is 5.82 Å². The molecule has 8 nitrogen and oxygen atoms in total. The van der Waals surface area contributed by atoms with Gasteiger partial charge in [-0.1, -0.05) is 42.0 Å². The number of esters is 1. The van der Waals surface area contributed by atoms with Crippen molar-refractivity contribution in [2.45, 2.75) is 39.1 Å². The monoisotopic (exact) mass is 495 g/mol. The second kappa shape index (κ2) is 10.3. The minimum Gasteiger partial charge on any atom is -0.744 e. The van der Waals surface area contributed by atoms with Crippen LogP contribution >= 0.6 is 0 Å². The van der Waals surface area contributed by atoms with Gasteiger partial charge in [0.05, 0.1) is 17.6 Å². The molecule has 0 atom stereocenters. The zero-order chi connectivity index (χ0) is 25.9. The number of imidazole rings is 1. The average molecular weight is 496 g/mol. The molecule has 184 valence electrons. The summed E-state index contributed by atoms with van der Waals surface area (Å²) in [6.07, 6.45) is 0. The number of hydrogen-bond donors (Lipinski definition) is 1. The number of carbonyl (C=O) groups excluding carboxylic acids is 1. The third-order valence-corrected chi connectivity index (χ3v) is 6.89. The number of carbonyl (C=O) groups is 1. The molecule has 1 heterocycles. The number of para-hydroxylation sites is 2. The highest BCUT2D eigenvalue weighted by Gasteiger charge is 2.19. The van der Waals surface area contributed by atoms with Crippen molar-refractivity contribution in [2.75, 3.05) is 13.0 Å². The molecular weight excluding hydrogens is 466 g/mol. The van der Waals surface area contributed by atoms with Crippen molar-refractivity contribution >= 4 is 27.1 Å². The number of hydrogen-bond acceptors (Lipinski definition) is 6. The van der Waals surface area contributed by atoms with Crippen molar-refractivity contribution in [3.63, 3.8) is 0 Å². The lowest BCUT2D eigenvalue weighted by molar-refractivity contribution is -0.669. The maximum Gasteiger partial charge on any atom is 0.337 e. The molecule has 4 aromatic rings. The van der Waals surface area contributed by atoms with Crippen molar-refractivity contribution in [2.24, 2.45) is 0 Å². The largest absolute Gasteiger partial charge is 0.744 e. The Morgan fingerprint density at radius 3 is 2.11 bits per heavy atom. The van der Waals surface area contributed by atoms with Crippen molar-refractivity contribution in [3.05, 3.63) is 94.3 Å². The van der Waals surface area contributed by atoms with E-state index in [1.807, 2.05) is 44.2 Å². The van der Waals surface area contributed by atoms with Gasteiger partial charge in [-0.15, -0.1) is 4.68 Å². The Morgan fingerprint density at radius 1 is 1.00 bits per heavy atom. The average Bonchev–Trinajstić information content (AvgIpc) is 3.03. The molecule has 0 amide bonds. The molecule has 1 aromatic heterocycles. The van der Waals surface area contributed by atoms with E-state index in [-0.39, 0.29) is 10.9 Å². The fourth-order valence-electron chi connectivity index (χ4n) is 4.18. The first-order valence-corrected chi connectivity index (χ1v) is 12.3. The van der Waals surface area contributed by atoms with Crippen LogP contribution in [-0.2, 0) is 21.4 Å². The highest BCUT2D eigenvalue weighted by Crippen LogP contribution is 2.21. The standard InChI is InChI=1S/C17H18N3O2.C9H12O3S/c1-12-19(15-5-3-4-6-16(15)20(12)18)11-13-7-9-14(10-8-13)17(21)22-2;1-6-4-7(2)9(8(3)5-6)13(10,11)12/h3-10H,11,18H2,1-2H3;4-5H,1-3H3,(H,10,11,12)/q+1;/p-1. The highest BCUT2D eigenvalue weighted by atomic mass is 32.2. The van der Waals surface area contributed by atoms with E-state index in [1.54, 1.807) is 42.8 Å². The van der Waals surface area contributed by atoms with Crippen LogP contribution in [0.2, 0.25) is 0 Å². The number of ether oxygens (including phenoxy) is 1. The Bertz CT molecular complexity index is 1470. The Morgan fingerprint density at radius 2 is 1.57 bits per heavy atom. The molecule has 0 spiro atoms. The van der Waals surface area contributed by atoms with Gasteiger partial charge in [0, 0.05) is 6.92 Å². The molecule has 0 aliphatic heterocycles. The molecule has 0 fully saturated rings. The molecule has 0 saturated carbocycles. The van der Waals surface area contributed by atoms with Gasteiger partial charge in [-0.25, -0.2) is 17.8 Å². The quantitative estimate of drug-likeness (QED) is 0.201. The van der Waals surface area contributed by atoms with Crippen LogP contribution in [0.3, 0.4) is 0 Å². The summed E-state index contributed by atoms with van der Waals surface area (Å²) in [5, 5.41) is 0. The molecule has 0 unspecified atom stereocenters. The van der Waals surface area contributed by atoms with Gasteiger partial charge in [-0.05, 0) is 61.7 Å². The van der Waals surface area contributed by atoms with E-state index < -0.39 is 10.1 Å². The lowest BCUT2D eigenvalue weighted by Gasteiger charge is -2.14. The molecule has 0 aliphatic rings. The maximum absolute atomic E-state index is 11.5. The van der Waals surface area contributed by atoms with E-state index in [1.165, 1.54) is 7.11 Å². The number of nitrogen functional groups attached to an aromatic ring is 1. The number of benzene rings is 3. The van der Waals surface area contributed by atoms with Crippen LogP contribution in [0.15, 0.2) is 65.6 Å². The Balaban J connectivity index is 0.000000225. The summed E-state index contributed by atoms with van der Waals surface area (Å²) in [4.78, 5) is 11.4. The van der Waals surface area contributed by atoms with Crippen molar-refractivity contribution in [3.8, 4) is 0 Å². The fraction of sp³-hybridized carbons (Fsp3) is 0.231. The number of fused-ring (bicyclic) bond motifs is 1. The molecule has 0 saturated heterocycles. The first kappa shape index (κ1) is 25.9. The van der Waals surface area contributed by atoms with Crippen molar-refractivity contribution in [1.29, 1.82) is 0 Å². The van der Waals surface area contributed by atoms with Crippen LogP contribution in [0.5, 0.6) is 0 Å². The maximum atomic E-state index is 11.5. The Hall–Kier alpha value is -3.69. The summed E-state index contributed by atoms with van der Waals surface area (Å²) in [7, 11) is -2.95. The highest BCUT2D eigenvalue weighted by molar-refractivity contribution is 7.85. The van der Waals surface area contributed by atoms with Crippen LogP contribution in [0.4, 0.5) is 0 Å². The zero-order valence-corrected chi connectivity index (χ0v) is 21.2. The van der Waals surface area contributed by atoms with E-state index in [0.29, 0.717) is 23.2 Å². The van der Waals surface area contributed by atoms with Gasteiger partial charge in [-0.2, -0.15) is 0 Å². The normalized spacial score (nSPS) is 11.1. The molecule has 2 N–H and O–H groups in total. The number of methoxy groups -OCH3 is 1. The summed E-state index contributed by atoms with van der Waals surface area (Å²) in [5.41, 5.74) is 5.72. The van der Waals surface area contributed by atoms with E-state index in [0.717, 1.165) is 28.0 Å². The Kier molecular flexibility index (Phi) is 7.62. The van der Waals surface area contributed by atoms with E-state index in [9.17, 15) is 17.8 Å². The van der Waals surface area contributed by atoms with Gasteiger partial charge >= 0.3 is 5.97 Å². The zero-order valence-electron chi connectivity index (χ0n) is 20.4. The van der Waals surface area contributed by atoms with Crippen LogP contribution < -0.4 is 10.4 Å². The predicted octanol–water partition coefficient (Wildman–Crippen LogP) is 3.30. The first-order chi connectivity index (χ1) is 16.4. The van der Waals surface area contributed by atoms with E-state index >= 15 is 0 Å². The first-order valence-electron chi connectivity index (χ1n) is 10.9. The summed E-state index contributed by atoms with van der Waals surface area (Å²) < 4.78 is 41.0. The van der Waals surface area contributed by atoms with Gasteiger partial charge < -0.3 is 9.29 Å². The predicted molar refractivity (Wildman–Crippen MR) is 133 cm³/mol. The van der Waals surface area contributed by atoms with Gasteiger partial charge in [0.15, 0.2) is 11.0 Å². The third kappa shape index (κ3) is 5.70. The fourth-order valence-corrected chi connectivity index (χ4v) is 5.09. The van der Waals surface area contributed by atoms with Crippen LogP contribution in [0, 0.1) is 27.7 Å². The summed E-state index contributed by atoms with van der Waals surface area (Å²) in [6.45, 7) is 7.80.